The van der Waals surface area contributed by atoms with Gasteiger partial charge in [-0.15, -0.1) is 0 Å². The van der Waals surface area contributed by atoms with Crippen molar-refractivity contribution in [3.63, 3.8) is 0 Å². The highest BCUT2D eigenvalue weighted by atomic mass is 32.2. The molecule has 0 radical (unpaired) electrons. The van der Waals surface area contributed by atoms with E-state index < -0.39 is 16.1 Å². The molecule has 0 saturated carbocycles. The standard InChI is InChI=1S/C19H23NO4S/c1-12-8-13(2)19(14(3)9-12)25(22,23)20-11-17(21)15-4-5-18-16(10-15)6-7-24-18/h4-5,8-10,17,20-21H,6-7,11H2,1-3H3. The molecular formula is C19H23NO4S. The Morgan fingerprint density at radius 2 is 1.84 bits per heavy atom. The van der Waals surface area contributed by atoms with E-state index >= 15 is 0 Å². The van der Waals surface area contributed by atoms with E-state index in [0.29, 0.717) is 23.3 Å². The Labute approximate surface area is 148 Å². The largest absolute Gasteiger partial charge is 0.493 e. The fourth-order valence-electron chi connectivity index (χ4n) is 3.38. The molecular weight excluding hydrogens is 338 g/mol. The van der Waals surface area contributed by atoms with Crippen LogP contribution < -0.4 is 9.46 Å². The smallest absolute Gasteiger partial charge is 0.241 e. The van der Waals surface area contributed by atoms with Crippen molar-refractivity contribution in [2.75, 3.05) is 13.2 Å². The van der Waals surface area contributed by atoms with Gasteiger partial charge in [-0.3, -0.25) is 0 Å². The van der Waals surface area contributed by atoms with E-state index in [1.54, 1.807) is 19.9 Å². The Bertz CT molecular complexity index is 883. The van der Waals surface area contributed by atoms with Gasteiger partial charge in [0.1, 0.15) is 5.75 Å². The number of aryl methyl sites for hydroxylation is 3. The minimum atomic E-state index is -3.69. The minimum Gasteiger partial charge on any atom is -0.493 e. The lowest BCUT2D eigenvalue weighted by atomic mass is 10.0. The number of aliphatic hydroxyl groups excluding tert-OH is 1. The highest BCUT2D eigenvalue weighted by Gasteiger charge is 2.22. The Morgan fingerprint density at radius 1 is 1.16 bits per heavy atom. The van der Waals surface area contributed by atoms with Gasteiger partial charge >= 0.3 is 0 Å². The molecule has 1 atom stereocenters. The zero-order valence-corrected chi connectivity index (χ0v) is 15.5. The van der Waals surface area contributed by atoms with Crippen LogP contribution in [-0.2, 0) is 16.4 Å². The lowest BCUT2D eigenvalue weighted by Gasteiger charge is -2.16. The van der Waals surface area contributed by atoms with Crippen molar-refractivity contribution < 1.29 is 18.3 Å². The van der Waals surface area contributed by atoms with Crippen molar-refractivity contribution in [1.29, 1.82) is 0 Å². The summed E-state index contributed by atoms with van der Waals surface area (Å²) in [6.07, 6.45) is -0.102. The second-order valence-corrected chi connectivity index (χ2v) is 8.26. The highest BCUT2D eigenvalue weighted by molar-refractivity contribution is 7.89. The molecule has 2 N–H and O–H groups in total. The van der Waals surface area contributed by atoms with Gasteiger partial charge in [0.15, 0.2) is 0 Å². The molecule has 0 saturated heterocycles. The van der Waals surface area contributed by atoms with Gasteiger partial charge in [-0.25, -0.2) is 13.1 Å². The second kappa shape index (κ2) is 6.78. The lowest BCUT2D eigenvalue weighted by Crippen LogP contribution is -2.29. The molecule has 134 valence electrons. The Balaban J connectivity index is 1.76. The Morgan fingerprint density at radius 3 is 2.52 bits per heavy atom. The average Bonchev–Trinajstić information content (AvgIpc) is 2.98. The maximum atomic E-state index is 12.7. The van der Waals surface area contributed by atoms with E-state index in [4.69, 9.17) is 4.74 Å². The summed E-state index contributed by atoms with van der Waals surface area (Å²) in [5.74, 6) is 0.836. The first-order valence-corrected chi connectivity index (χ1v) is 9.77. The van der Waals surface area contributed by atoms with Gasteiger partial charge in [-0.2, -0.15) is 0 Å². The maximum absolute atomic E-state index is 12.7. The van der Waals surface area contributed by atoms with Crippen LogP contribution in [0.2, 0.25) is 0 Å². The molecule has 0 fully saturated rings. The summed E-state index contributed by atoms with van der Waals surface area (Å²) in [6, 6.07) is 9.16. The zero-order valence-electron chi connectivity index (χ0n) is 14.7. The fraction of sp³-hybridized carbons (Fsp3) is 0.368. The number of ether oxygens (including phenoxy) is 1. The van der Waals surface area contributed by atoms with E-state index in [9.17, 15) is 13.5 Å². The number of nitrogens with one attached hydrogen (secondary N) is 1. The third kappa shape index (κ3) is 3.71. The van der Waals surface area contributed by atoms with Gasteiger partial charge < -0.3 is 9.84 Å². The van der Waals surface area contributed by atoms with Crippen LogP contribution in [0.5, 0.6) is 5.75 Å². The summed E-state index contributed by atoms with van der Waals surface area (Å²) in [6.45, 7) is 6.07. The van der Waals surface area contributed by atoms with Crippen LogP contribution in [0, 0.1) is 20.8 Å². The van der Waals surface area contributed by atoms with Gasteiger partial charge in [0.25, 0.3) is 0 Å². The van der Waals surface area contributed by atoms with Crippen molar-refractivity contribution in [1.82, 2.24) is 4.72 Å². The molecule has 1 unspecified atom stereocenters. The predicted octanol–water partition coefficient (Wildman–Crippen LogP) is 2.56. The summed E-state index contributed by atoms with van der Waals surface area (Å²) >= 11 is 0. The molecule has 0 aromatic heterocycles. The van der Waals surface area contributed by atoms with Crippen LogP contribution in [0.4, 0.5) is 0 Å². The predicted molar refractivity (Wildman–Crippen MR) is 96.4 cm³/mol. The van der Waals surface area contributed by atoms with Crippen molar-refractivity contribution in [2.24, 2.45) is 0 Å². The maximum Gasteiger partial charge on any atom is 0.241 e. The van der Waals surface area contributed by atoms with E-state index in [0.717, 1.165) is 23.3 Å². The van der Waals surface area contributed by atoms with Gasteiger partial charge in [0.2, 0.25) is 10.0 Å². The first-order valence-electron chi connectivity index (χ1n) is 8.29. The topological polar surface area (TPSA) is 75.6 Å². The van der Waals surface area contributed by atoms with Crippen LogP contribution in [0.1, 0.15) is 33.9 Å². The Kier molecular flexibility index (Phi) is 4.86. The zero-order chi connectivity index (χ0) is 18.2. The number of aliphatic hydroxyl groups is 1. The molecule has 0 amide bonds. The van der Waals surface area contributed by atoms with Crippen molar-refractivity contribution >= 4 is 10.0 Å². The van der Waals surface area contributed by atoms with Gasteiger partial charge in [-0.05, 0) is 55.2 Å². The SMILES string of the molecule is Cc1cc(C)c(S(=O)(=O)NCC(O)c2ccc3c(c2)CCO3)c(C)c1. The van der Waals surface area contributed by atoms with Crippen LogP contribution in [0.15, 0.2) is 35.2 Å². The van der Waals surface area contributed by atoms with Gasteiger partial charge in [0.05, 0.1) is 17.6 Å². The van der Waals surface area contributed by atoms with E-state index in [-0.39, 0.29) is 11.4 Å². The quantitative estimate of drug-likeness (QED) is 0.858. The van der Waals surface area contributed by atoms with Gasteiger partial charge in [-0.1, -0.05) is 23.8 Å². The number of sulfonamides is 1. The molecule has 1 aliphatic rings. The monoisotopic (exact) mass is 361 g/mol. The molecule has 5 nitrogen and oxygen atoms in total. The summed E-state index contributed by atoms with van der Waals surface area (Å²) in [5.41, 5.74) is 4.16. The summed E-state index contributed by atoms with van der Waals surface area (Å²) in [7, 11) is -3.69. The summed E-state index contributed by atoms with van der Waals surface area (Å²) in [4.78, 5) is 0.285. The first-order chi connectivity index (χ1) is 11.8. The van der Waals surface area contributed by atoms with Crippen molar-refractivity contribution in [3.8, 4) is 5.75 Å². The normalized spacial score (nSPS) is 14.9. The fourth-order valence-corrected chi connectivity index (χ4v) is 4.87. The molecule has 1 heterocycles. The number of fused-ring (bicyclic) bond motifs is 1. The van der Waals surface area contributed by atoms with Crippen molar-refractivity contribution in [2.45, 2.75) is 38.2 Å². The molecule has 0 spiro atoms. The molecule has 2 aromatic rings. The molecule has 25 heavy (non-hydrogen) atoms. The second-order valence-electron chi connectivity index (χ2n) is 6.56. The minimum absolute atomic E-state index is 0.0747. The van der Waals surface area contributed by atoms with Gasteiger partial charge in [0, 0.05) is 13.0 Å². The number of hydrogen-bond acceptors (Lipinski definition) is 4. The number of rotatable bonds is 5. The van der Waals surface area contributed by atoms with Crippen LogP contribution in [0.25, 0.3) is 0 Å². The number of benzene rings is 2. The van der Waals surface area contributed by atoms with Crippen LogP contribution in [0.3, 0.4) is 0 Å². The summed E-state index contributed by atoms with van der Waals surface area (Å²) < 4.78 is 33.3. The average molecular weight is 361 g/mol. The third-order valence-electron chi connectivity index (χ3n) is 4.44. The summed E-state index contributed by atoms with van der Waals surface area (Å²) in [5, 5.41) is 10.4. The number of hydrogen-bond donors (Lipinski definition) is 2. The van der Waals surface area contributed by atoms with Crippen LogP contribution in [-0.4, -0.2) is 26.7 Å². The molecule has 0 bridgehead atoms. The first kappa shape index (κ1) is 17.9. The van der Waals surface area contributed by atoms with Crippen LogP contribution >= 0.6 is 0 Å². The molecule has 2 aromatic carbocycles. The molecule has 0 aliphatic carbocycles. The molecule has 1 aliphatic heterocycles. The van der Waals surface area contributed by atoms with E-state index in [1.807, 2.05) is 31.2 Å². The van der Waals surface area contributed by atoms with E-state index in [1.165, 1.54) is 0 Å². The highest BCUT2D eigenvalue weighted by Crippen LogP contribution is 2.28. The molecule has 3 rings (SSSR count). The molecule has 6 heteroatoms. The lowest BCUT2D eigenvalue weighted by molar-refractivity contribution is 0.182. The Hall–Kier alpha value is -1.89. The third-order valence-corrected chi connectivity index (χ3v) is 6.17. The van der Waals surface area contributed by atoms with Crippen molar-refractivity contribution in [3.05, 3.63) is 58.1 Å². The van der Waals surface area contributed by atoms with E-state index in [2.05, 4.69) is 4.72 Å².